The first-order valence-corrected chi connectivity index (χ1v) is 11.2. The molecule has 0 bridgehead atoms. The molecule has 2 aromatic carbocycles. The first-order valence-electron chi connectivity index (χ1n) is 9.78. The fourth-order valence-electron chi connectivity index (χ4n) is 4.24. The fourth-order valence-corrected chi connectivity index (χ4v) is 6.09. The van der Waals surface area contributed by atoms with Crippen molar-refractivity contribution in [2.45, 2.75) is 30.0 Å². The molecule has 6 nitrogen and oxygen atoms in total. The van der Waals surface area contributed by atoms with Gasteiger partial charge in [-0.2, -0.15) is 4.31 Å². The van der Waals surface area contributed by atoms with Gasteiger partial charge in [0, 0.05) is 41.6 Å². The van der Waals surface area contributed by atoms with Crippen molar-refractivity contribution >= 4 is 20.9 Å². The quantitative estimate of drug-likeness (QED) is 0.531. The van der Waals surface area contributed by atoms with Gasteiger partial charge in [-0.05, 0) is 41.8 Å². The second-order valence-corrected chi connectivity index (χ2v) is 9.38. The van der Waals surface area contributed by atoms with Crippen LogP contribution in [0.25, 0.3) is 10.9 Å². The average Bonchev–Trinajstić information content (AvgIpc) is 3.18. The minimum atomic E-state index is -3.78. The van der Waals surface area contributed by atoms with Crippen LogP contribution in [-0.4, -0.2) is 33.8 Å². The van der Waals surface area contributed by atoms with E-state index in [1.807, 2.05) is 30.5 Å². The number of sulfonamides is 1. The van der Waals surface area contributed by atoms with Crippen molar-refractivity contribution in [2.75, 3.05) is 0 Å². The molecule has 0 amide bonds. The van der Waals surface area contributed by atoms with Gasteiger partial charge in [0.1, 0.15) is 0 Å². The highest BCUT2D eigenvalue weighted by Crippen LogP contribution is 2.39. The Balaban J connectivity index is 1.62. The van der Waals surface area contributed by atoms with E-state index in [2.05, 4.69) is 9.97 Å². The second kappa shape index (κ2) is 7.36. The zero-order valence-corrected chi connectivity index (χ0v) is 17.0. The van der Waals surface area contributed by atoms with Gasteiger partial charge in [0.2, 0.25) is 10.0 Å². The van der Waals surface area contributed by atoms with E-state index in [1.165, 1.54) is 4.31 Å². The zero-order valence-electron chi connectivity index (χ0n) is 16.1. The molecule has 2 atom stereocenters. The Morgan fingerprint density at radius 3 is 2.57 bits per heavy atom. The molecule has 5 rings (SSSR count). The van der Waals surface area contributed by atoms with E-state index >= 15 is 0 Å². The summed E-state index contributed by atoms with van der Waals surface area (Å²) in [4.78, 5) is 7.43. The largest absolute Gasteiger partial charge is 0.387 e. The number of aliphatic hydroxyl groups is 1. The number of fused-ring (bicyclic) bond motifs is 2. The van der Waals surface area contributed by atoms with Gasteiger partial charge in [0.05, 0.1) is 17.0 Å². The molecule has 0 unspecified atom stereocenters. The number of nitrogens with one attached hydrogen (secondary N) is 1. The lowest BCUT2D eigenvalue weighted by molar-refractivity contribution is 0.0771. The van der Waals surface area contributed by atoms with Crippen LogP contribution in [0.5, 0.6) is 0 Å². The van der Waals surface area contributed by atoms with Crippen LogP contribution in [0, 0.1) is 0 Å². The number of H-pyrrole nitrogens is 1. The molecule has 3 heterocycles. The molecule has 4 aromatic rings. The van der Waals surface area contributed by atoms with Gasteiger partial charge in [-0.15, -0.1) is 0 Å². The molecule has 0 spiro atoms. The van der Waals surface area contributed by atoms with Crippen LogP contribution >= 0.6 is 0 Å². The van der Waals surface area contributed by atoms with E-state index in [1.54, 1.807) is 48.8 Å². The van der Waals surface area contributed by atoms with Crippen molar-refractivity contribution in [3.63, 3.8) is 0 Å². The number of benzene rings is 2. The normalized spacial score (nSPS) is 20.8. The number of aromatic amines is 1. The molecule has 30 heavy (non-hydrogen) atoms. The van der Waals surface area contributed by atoms with E-state index in [4.69, 9.17) is 0 Å². The summed E-state index contributed by atoms with van der Waals surface area (Å²) < 4.78 is 28.5. The molecule has 0 saturated heterocycles. The van der Waals surface area contributed by atoms with E-state index in [0.717, 1.165) is 22.0 Å². The molecular formula is C23H21N3O3S. The molecule has 0 saturated carbocycles. The predicted molar refractivity (Wildman–Crippen MR) is 114 cm³/mol. The predicted octanol–water partition coefficient (Wildman–Crippen LogP) is 3.41. The Bertz CT molecular complexity index is 1300. The molecule has 2 N–H and O–H groups in total. The van der Waals surface area contributed by atoms with Crippen LogP contribution in [0.3, 0.4) is 0 Å². The van der Waals surface area contributed by atoms with Gasteiger partial charge in [-0.25, -0.2) is 8.42 Å². The highest BCUT2D eigenvalue weighted by molar-refractivity contribution is 7.89. The van der Waals surface area contributed by atoms with E-state index in [9.17, 15) is 13.5 Å². The number of hydrogen-bond donors (Lipinski definition) is 2. The summed E-state index contributed by atoms with van der Waals surface area (Å²) in [7, 11) is -3.78. The molecule has 2 aromatic heterocycles. The van der Waals surface area contributed by atoms with Crippen molar-refractivity contribution in [3.8, 4) is 0 Å². The van der Waals surface area contributed by atoms with Crippen molar-refractivity contribution < 1.29 is 13.5 Å². The Morgan fingerprint density at radius 2 is 1.73 bits per heavy atom. The zero-order chi connectivity index (χ0) is 20.7. The highest BCUT2D eigenvalue weighted by atomic mass is 32.2. The van der Waals surface area contributed by atoms with Crippen LogP contribution in [0.4, 0.5) is 0 Å². The lowest BCUT2D eigenvalue weighted by Crippen LogP contribution is -2.48. The average molecular weight is 420 g/mol. The summed E-state index contributed by atoms with van der Waals surface area (Å²) in [5.74, 6) is 0. The topological polar surface area (TPSA) is 86.3 Å². The molecule has 1 aliphatic rings. The summed E-state index contributed by atoms with van der Waals surface area (Å²) in [5, 5.41) is 12.3. The first-order chi connectivity index (χ1) is 14.6. The standard InChI is InChI=1S/C23H21N3O3S/c27-23-19-6-2-4-8-22(19)30(28,29)26(15-16-9-11-24-12-10-16)21(23)13-17-14-25-20-7-3-1-5-18(17)20/h1-12,14,21,23,25,27H,13,15H2/t21-,23-/m0/s1. The monoisotopic (exact) mass is 419 g/mol. The van der Waals surface area contributed by atoms with Gasteiger partial charge in [0.25, 0.3) is 0 Å². The first kappa shape index (κ1) is 19.0. The highest BCUT2D eigenvalue weighted by Gasteiger charge is 2.43. The third kappa shape index (κ3) is 3.11. The van der Waals surface area contributed by atoms with E-state index in [-0.39, 0.29) is 11.4 Å². The van der Waals surface area contributed by atoms with Gasteiger partial charge in [-0.3, -0.25) is 4.98 Å². The van der Waals surface area contributed by atoms with Gasteiger partial charge < -0.3 is 10.1 Å². The maximum absolute atomic E-state index is 13.5. The second-order valence-electron chi connectivity index (χ2n) is 7.52. The van der Waals surface area contributed by atoms with Gasteiger partial charge >= 0.3 is 0 Å². The van der Waals surface area contributed by atoms with E-state index in [0.29, 0.717) is 12.0 Å². The number of nitrogens with zero attached hydrogens (tertiary/aromatic N) is 2. The molecule has 152 valence electrons. The molecule has 7 heteroatoms. The lowest BCUT2D eigenvalue weighted by atomic mass is 9.95. The van der Waals surface area contributed by atoms with Crippen LogP contribution in [0.15, 0.2) is 84.1 Å². The van der Waals surface area contributed by atoms with Gasteiger partial charge in [-0.1, -0.05) is 36.4 Å². The lowest BCUT2D eigenvalue weighted by Gasteiger charge is -2.39. The summed E-state index contributed by atoms with van der Waals surface area (Å²) in [6.45, 7) is 0.170. The SMILES string of the molecule is O=S1(=O)c2ccccc2[C@H](O)[C@H](Cc2c[nH]c3ccccc23)N1Cc1ccncc1. The molecule has 1 aliphatic heterocycles. The minimum absolute atomic E-state index is 0.168. The molecule has 0 aliphatic carbocycles. The number of aromatic nitrogens is 2. The third-order valence-corrected chi connectivity index (χ3v) is 7.70. The summed E-state index contributed by atoms with van der Waals surface area (Å²) in [5.41, 5.74) is 3.24. The van der Waals surface area contributed by atoms with Gasteiger partial charge in [0.15, 0.2) is 0 Å². The van der Waals surface area contributed by atoms with Crippen molar-refractivity contribution in [1.29, 1.82) is 0 Å². The fraction of sp³-hybridized carbons (Fsp3) is 0.174. The Morgan fingerprint density at radius 1 is 1.00 bits per heavy atom. The van der Waals surface area contributed by atoms with Crippen LogP contribution < -0.4 is 0 Å². The maximum atomic E-state index is 13.5. The number of rotatable bonds is 4. The van der Waals surface area contributed by atoms with Crippen LogP contribution in [0.1, 0.15) is 22.8 Å². The number of hydrogen-bond acceptors (Lipinski definition) is 4. The Hall–Kier alpha value is -3.00. The Labute approximate surface area is 174 Å². The van der Waals surface area contributed by atoms with Crippen LogP contribution in [-0.2, 0) is 23.0 Å². The van der Waals surface area contributed by atoms with Crippen molar-refractivity contribution in [2.24, 2.45) is 0 Å². The minimum Gasteiger partial charge on any atom is -0.387 e. The summed E-state index contributed by atoms with van der Waals surface area (Å²) in [6.07, 6.45) is 4.65. The van der Waals surface area contributed by atoms with Crippen LogP contribution in [0.2, 0.25) is 0 Å². The Kier molecular flexibility index (Phi) is 4.66. The summed E-state index contributed by atoms with van der Waals surface area (Å²) in [6, 6.07) is 17.6. The van der Waals surface area contributed by atoms with Crippen molar-refractivity contribution in [3.05, 3.63) is 95.9 Å². The van der Waals surface area contributed by atoms with Crippen molar-refractivity contribution in [1.82, 2.24) is 14.3 Å². The smallest absolute Gasteiger partial charge is 0.244 e. The van der Waals surface area contributed by atoms with E-state index < -0.39 is 22.2 Å². The molecule has 0 radical (unpaired) electrons. The maximum Gasteiger partial charge on any atom is 0.244 e. The molecular weight excluding hydrogens is 398 g/mol. The molecule has 0 fully saturated rings. The number of pyridine rings is 1. The number of para-hydroxylation sites is 1. The number of aliphatic hydroxyl groups excluding tert-OH is 1. The summed E-state index contributed by atoms with van der Waals surface area (Å²) >= 11 is 0. The third-order valence-electron chi connectivity index (χ3n) is 5.75.